The van der Waals surface area contributed by atoms with Crippen molar-refractivity contribution >= 4 is 24.0 Å². The summed E-state index contributed by atoms with van der Waals surface area (Å²) in [4.78, 5) is 29.9. The van der Waals surface area contributed by atoms with Crippen LogP contribution in [0.1, 0.15) is 61.4 Å². The van der Waals surface area contributed by atoms with Crippen LogP contribution in [0.3, 0.4) is 0 Å². The number of aromatic hydroxyl groups is 1. The summed E-state index contributed by atoms with van der Waals surface area (Å²) < 4.78 is 11.1. The molecule has 0 spiro atoms. The molecule has 4 rings (SSSR count). The fourth-order valence-corrected chi connectivity index (χ4v) is 5.06. The number of phenols is 1. The van der Waals surface area contributed by atoms with Gasteiger partial charge in [-0.2, -0.15) is 5.10 Å². The molecule has 3 atom stereocenters. The normalized spacial score (nSPS) is 20.8. The van der Waals surface area contributed by atoms with Crippen molar-refractivity contribution in [2.45, 2.75) is 64.0 Å². The molecular weight excluding hydrogens is 488 g/mol. The Kier molecular flexibility index (Phi) is 8.25. The van der Waals surface area contributed by atoms with E-state index in [1.807, 2.05) is 19.9 Å². The van der Waals surface area contributed by atoms with E-state index in [2.05, 4.69) is 20.5 Å². The molecule has 2 aromatic rings. The monoisotopic (exact) mass is 526 g/mol. The number of nitrogens with one attached hydrogen (secondary N) is 2. The SMILES string of the molecule is COc1cc(O)c(C=NC(C)C)c2c1C[C@@H](C(=O)Nc1cc([C@H]3CC[C@@H](OC(=O)N(C)N(C)C)C3)[nH]n1)C2. The Balaban J connectivity index is 1.39. The highest BCUT2D eigenvalue weighted by molar-refractivity contribution is 5.94. The topological polar surface area (TPSA) is 132 Å². The average Bonchev–Trinajstić information content (AvgIpc) is 3.62. The third kappa shape index (κ3) is 5.93. The van der Waals surface area contributed by atoms with Crippen molar-refractivity contribution in [1.82, 2.24) is 20.2 Å². The van der Waals surface area contributed by atoms with Crippen molar-refractivity contribution in [3.63, 3.8) is 0 Å². The predicted octanol–water partition coefficient (Wildman–Crippen LogP) is 3.49. The first-order valence-electron chi connectivity index (χ1n) is 13.0. The molecule has 0 bridgehead atoms. The number of amides is 2. The van der Waals surface area contributed by atoms with Crippen LogP contribution in [0, 0.1) is 5.92 Å². The molecule has 206 valence electrons. The van der Waals surface area contributed by atoms with Crippen LogP contribution >= 0.6 is 0 Å². The Bertz CT molecular complexity index is 1210. The van der Waals surface area contributed by atoms with Crippen LogP contribution in [-0.4, -0.2) is 83.9 Å². The van der Waals surface area contributed by atoms with Crippen LogP contribution in [-0.2, 0) is 22.4 Å². The number of hydrazine groups is 1. The highest BCUT2D eigenvalue weighted by Gasteiger charge is 2.34. The number of carbonyl (C=O) groups excluding carboxylic acids is 2. The van der Waals surface area contributed by atoms with Crippen LogP contribution in [0.4, 0.5) is 10.6 Å². The lowest BCUT2D eigenvalue weighted by Crippen LogP contribution is -2.40. The zero-order valence-corrected chi connectivity index (χ0v) is 22.9. The molecule has 11 nitrogen and oxygen atoms in total. The van der Waals surface area contributed by atoms with Gasteiger partial charge in [-0.15, -0.1) is 0 Å². The van der Waals surface area contributed by atoms with Crippen molar-refractivity contribution in [2.75, 3.05) is 33.6 Å². The zero-order valence-electron chi connectivity index (χ0n) is 22.9. The molecule has 38 heavy (non-hydrogen) atoms. The van der Waals surface area contributed by atoms with Crippen molar-refractivity contribution < 1.29 is 24.2 Å². The summed E-state index contributed by atoms with van der Waals surface area (Å²) in [7, 11) is 6.79. The first-order valence-corrected chi connectivity index (χ1v) is 13.0. The van der Waals surface area contributed by atoms with E-state index in [9.17, 15) is 14.7 Å². The quantitative estimate of drug-likeness (QED) is 0.354. The number of carbonyl (C=O) groups is 2. The standard InChI is InChI=1S/C27H38N6O5/c1-15(2)28-14-21-19-10-17(11-20(19)24(37-6)13-23(21)34)26(35)29-25-12-22(30-31-25)16-7-8-18(9-16)38-27(36)33(5)32(3)4/h12-18,34H,7-11H2,1-6H3,(H2,29,30,31,35)/t16-,17-,18+/m0/s1. The Morgan fingerprint density at radius 1 is 1.21 bits per heavy atom. The number of nitrogens with zero attached hydrogens (tertiary/aromatic N) is 4. The van der Waals surface area contributed by atoms with E-state index >= 15 is 0 Å². The minimum absolute atomic E-state index is 0.0862. The number of aliphatic imine (C=N–C) groups is 1. The Morgan fingerprint density at radius 2 is 1.95 bits per heavy atom. The van der Waals surface area contributed by atoms with E-state index in [0.717, 1.165) is 29.7 Å². The molecule has 0 aliphatic heterocycles. The van der Waals surface area contributed by atoms with Gasteiger partial charge in [-0.25, -0.2) is 14.8 Å². The Morgan fingerprint density at radius 3 is 2.63 bits per heavy atom. The summed E-state index contributed by atoms with van der Waals surface area (Å²) in [5.74, 6) is 0.835. The number of hydrogen-bond acceptors (Lipinski definition) is 8. The molecule has 0 unspecified atom stereocenters. The largest absolute Gasteiger partial charge is 0.507 e. The molecule has 1 heterocycles. The van der Waals surface area contributed by atoms with E-state index in [1.54, 1.807) is 45.5 Å². The number of anilines is 1. The number of hydrogen-bond donors (Lipinski definition) is 3. The lowest BCUT2D eigenvalue weighted by Gasteiger charge is -2.25. The van der Waals surface area contributed by atoms with Crippen molar-refractivity contribution in [1.29, 1.82) is 0 Å². The second kappa shape index (κ2) is 11.4. The summed E-state index contributed by atoms with van der Waals surface area (Å²) in [5.41, 5.74) is 3.36. The lowest BCUT2D eigenvalue weighted by atomic mass is 10.0. The van der Waals surface area contributed by atoms with E-state index < -0.39 is 0 Å². The summed E-state index contributed by atoms with van der Waals surface area (Å²) in [6.07, 6.45) is 4.46. The molecule has 1 aromatic carbocycles. The van der Waals surface area contributed by atoms with Gasteiger partial charge in [0.05, 0.1) is 7.11 Å². The van der Waals surface area contributed by atoms with Crippen LogP contribution < -0.4 is 10.1 Å². The fraction of sp³-hybridized carbons (Fsp3) is 0.556. The van der Waals surface area contributed by atoms with E-state index in [1.165, 1.54) is 5.01 Å². The van der Waals surface area contributed by atoms with Gasteiger partial charge in [0.2, 0.25) is 5.91 Å². The maximum Gasteiger partial charge on any atom is 0.424 e. The summed E-state index contributed by atoms with van der Waals surface area (Å²) in [6.45, 7) is 3.93. The number of phenolic OH excluding ortho intramolecular Hbond substituents is 1. The number of benzene rings is 1. The molecule has 2 aliphatic rings. The number of rotatable bonds is 8. The lowest BCUT2D eigenvalue weighted by molar-refractivity contribution is -0.119. The van der Waals surface area contributed by atoms with Crippen LogP contribution in [0.15, 0.2) is 17.1 Å². The zero-order chi connectivity index (χ0) is 27.6. The van der Waals surface area contributed by atoms with Gasteiger partial charge >= 0.3 is 6.09 Å². The van der Waals surface area contributed by atoms with Gasteiger partial charge in [0.25, 0.3) is 0 Å². The number of fused-ring (bicyclic) bond motifs is 1. The average molecular weight is 527 g/mol. The highest BCUT2D eigenvalue weighted by Crippen LogP contribution is 2.41. The molecule has 1 aromatic heterocycles. The van der Waals surface area contributed by atoms with Gasteiger partial charge in [-0.3, -0.25) is 14.9 Å². The minimum Gasteiger partial charge on any atom is -0.507 e. The molecule has 1 saturated carbocycles. The van der Waals surface area contributed by atoms with Gasteiger partial charge in [-0.1, -0.05) is 0 Å². The smallest absolute Gasteiger partial charge is 0.424 e. The first-order chi connectivity index (χ1) is 18.1. The second-order valence-electron chi connectivity index (χ2n) is 10.5. The minimum atomic E-state index is -0.376. The maximum absolute atomic E-state index is 13.2. The molecule has 2 amide bonds. The van der Waals surface area contributed by atoms with Gasteiger partial charge in [0.1, 0.15) is 17.6 Å². The van der Waals surface area contributed by atoms with Gasteiger partial charge in [0.15, 0.2) is 5.82 Å². The maximum atomic E-state index is 13.2. The molecular formula is C27H38N6O5. The number of ether oxygens (including phenoxy) is 2. The highest BCUT2D eigenvalue weighted by atomic mass is 16.6. The van der Waals surface area contributed by atoms with Crippen LogP contribution in [0.5, 0.6) is 11.5 Å². The molecule has 0 radical (unpaired) electrons. The number of aromatic amines is 1. The summed E-state index contributed by atoms with van der Waals surface area (Å²) >= 11 is 0. The molecule has 11 heteroatoms. The summed E-state index contributed by atoms with van der Waals surface area (Å²) in [6, 6.07) is 3.53. The fourth-order valence-electron chi connectivity index (χ4n) is 5.06. The molecule has 1 fully saturated rings. The number of methoxy groups -OCH3 is 1. The number of H-pyrrole nitrogens is 1. The van der Waals surface area contributed by atoms with Gasteiger partial charge in [0, 0.05) is 68.6 Å². The summed E-state index contributed by atoms with van der Waals surface area (Å²) in [5, 5.41) is 23.9. The van der Waals surface area contributed by atoms with Crippen LogP contribution in [0.25, 0.3) is 0 Å². The molecule has 0 saturated heterocycles. The second-order valence-corrected chi connectivity index (χ2v) is 10.5. The molecule has 2 aliphatic carbocycles. The predicted molar refractivity (Wildman–Crippen MR) is 144 cm³/mol. The van der Waals surface area contributed by atoms with Crippen molar-refractivity contribution in [2.24, 2.45) is 10.9 Å². The van der Waals surface area contributed by atoms with E-state index in [-0.39, 0.29) is 41.7 Å². The van der Waals surface area contributed by atoms with Crippen LogP contribution in [0.2, 0.25) is 0 Å². The van der Waals surface area contributed by atoms with Gasteiger partial charge < -0.3 is 19.9 Å². The van der Waals surface area contributed by atoms with Crippen molar-refractivity contribution in [3.05, 3.63) is 34.5 Å². The third-order valence-electron chi connectivity index (χ3n) is 7.33. The first kappa shape index (κ1) is 27.4. The van der Waals surface area contributed by atoms with Gasteiger partial charge in [-0.05, 0) is 57.1 Å². The number of aromatic nitrogens is 2. The molecule has 3 N–H and O–H groups in total. The van der Waals surface area contributed by atoms with E-state index in [0.29, 0.717) is 36.4 Å². The Labute approximate surface area is 223 Å². The van der Waals surface area contributed by atoms with E-state index in [4.69, 9.17) is 9.47 Å². The Hall–Kier alpha value is -3.60. The van der Waals surface area contributed by atoms with Crippen molar-refractivity contribution in [3.8, 4) is 11.5 Å². The third-order valence-corrected chi connectivity index (χ3v) is 7.33.